The van der Waals surface area contributed by atoms with Gasteiger partial charge in [-0.1, -0.05) is 94.2 Å². The van der Waals surface area contributed by atoms with Crippen LogP contribution in [-0.2, 0) is 17.8 Å². The highest BCUT2D eigenvalue weighted by Crippen LogP contribution is 2.12. The molecule has 0 aliphatic rings. The van der Waals surface area contributed by atoms with Crippen molar-refractivity contribution in [1.82, 2.24) is 5.32 Å². The summed E-state index contributed by atoms with van der Waals surface area (Å²) in [6.45, 7) is 3.24. The van der Waals surface area contributed by atoms with Crippen molar-refractivity contribution in [3.63, 3.8) is 0 Å². The van der Waals surface area contributed by atoms with Gasteiger partial charge < -0.3 is 22.3 Å². The van der Waals surface area contributed by atoms with Crippen molar-refractivity contribution in [2.24, 2.45) is 0 Å². The first-order chi connectivity index (χ1) is 15.7. The number of aromatic nitrogens is 1. The van der Waals surface area contributed by atoms with Gasteiger partial charge in [-0.3, -0.25) is 4.79 Å². The van der Waals surface area contributed by atoms with Crippen molar-refractivity contribution in [3.8, 4) is 0 Å². The van der Waals surface area contributed by atoms with E-state index in [9.17, 15) is 4.79 Å². The predicted molar refractivity (Wildman–Crippen MR) is 134 cm³/mol. The highest BCUT2D eigenvalue weighted by atomic mass is 79.9. The number of hydrogen-bond acceptors (Lipinski definition) is 1. The number of halogens is 1. The predicted octanol–water partition coefficient (Wildman–Crippen LogP) is 3.80. The Labute approximate surface area is 213 Å². The maximum Gasteiger partial charge on any atom is 0.220 e. The molecule has 1 heterocycles. The lowest BCUT2D eigenvalue weighted by Crippen LogP contribution is -3.00. The molecule has 0 aliphatic carbocycles. The second-order valence-corrected chi connectivity index (χ2v) is 9.26. The SMILES string of the molecule is CC(Cc1ccccc1)NC(=O)CCCCCCCCCCCCCC[n+]1ccccc1.[Br-]. The van der Waals surface area contributed by atoms with Crippen molar-refractivity contribution in [2.75, 3.05) is 0 Å². The molecule has 0 saturated carbocycles. The topological polar surface area (TPSA) is 33.0 Å². The molecular weight excluding hydrogens is 472 g/mol. The average molecular weight is 518 g/mol. The fraction of sp³-hybridized carbons (Fsp3) is 0.586. The van der Waals surface area contributed by atoms with Gasteiger partial charge in [0.2, 0.25) is 5.91 Å². The number of pyridine rings is 1. The molecule has 1 aromatic heterocycles. The molecule has 0 radical (unpaired) electrons. The fourth-order valence-corrected chi connectivity index (χ4v) is 4.30. The van der Waals surface area contributed by atoms with Crippen LogP contribution < -0.4 is 26.9 Å². The number of nitrogens with one attached hydrogen (secondary N) is 1. The molecule has 1 aromatic carbocycles. The Kier molecular flexibility index (Phi) is 17.6. The van der Waals surface area contributed by atoms with E-state index in [1.807, 2.05) is 6.07 Å². The van der Waals surface area contributed by atoms with Crippen LogP contribution in [0.25, 0.3) is 0 Å². The molecule has 0 bridgehead atoms. The van der Waals surface area contributed by atoms with Crippen LogP contribution in [0.2, 0.25) is 0 Å². The van der Waals surface area contributed by atoms with Crippen molar-refractivity contribution >= 4 is 5.91 Å². The van der Waals surface area contributed by atoms with Gasteiger partial charge in [-0.25, -0.2) is 4.57 Å². The smallest absolute Gasteiger partial charge is 0.220 e. The van der Waals surface area contributed by atoms with E-state index < -0.39 is 0 Å². The highest BCUT2D eigenvalue weighted by molar-refractivity contribution is 5.76. The molecule has 0 aliphatic heterocycles. The van der Waals surface area contributed by atoms with Gasteiger partial charge in [-0.05, 0) is 31.7 Å². The Bertz CT molecular complexity index is 708. The molecule has 1 unspecified atom stereocenters. The number of benzene rings is 1. The summed E-state index contributed by atoms with van der Waals surface area (Å²) in [5.41, 5.74) is 1.28. The largest absolute Gasteiger partial charge is 1.00 e. The first-order valence-electron chi connectivity index (χ1n) is 13.0. The van der Waals surface area contributed by atoms with E-state index in [1.165, 1.54) is 76.2 Å². The Morgan fingerprint density at radius 3 is 1.79 bits per heavy atom. The summed E-state index contributed by atoms with van der Waals surface area (Å²) < 4.78 is 2.28. The monoisotopic (exact) mass is 516 g/mol. The minimum Gasteiger partial charge on any atom is -1.00 e. The van der Waals surface area contributed by atoms with Gasteiger partial charge in [-0.15, -0.1) is 0 Å². The Balaban J connectivity index is 0.00000544. The van der Waals surface area contributed by atoms with Gasteiger partial charge in [0.1, 0.15) is 6.54 Å². The number of amides is 1. The minimum absolute atomic E-state index is 0. The van der Waals surface area contributed by atoms with E-state index in [0.29, 0.717) is 6.42 Å². The van der Waals surface area contributed by atoms with Gasteiger partial charge in [0.15, 0.2) is 12.4 Å². The van der Waals surface area contributed by atoms with Crippen LogP contribution >= 0.6 is 0 Å². The molecule has 0 fully saturated rings. The van der Waals surface area contributed by atoms with E-state index in [4.69, 9.17) is 0 Å². The third-order valence-electron chi connectivity index (χ3n) is 6.14. The summed E-state index contributed by atoms with van der Waals surface area (Å²) in [5.74, 6) is 0.204. The summed E-state index contributed by atoms with van der Waals surface area (Å²) in [4.78, 5) is 12.1. The molecule has 1 amide bonds. The zero-order valence-corrected chi connectivity index (χ0v) is 22.3. The van der Waals surface area contributed by atoms with Crippen molar-refractivity contribution in [3.05, 3.63) is 66.5 Å². The zero-order valence-electron chi connectivity index (χ0n) is 20.7. The minimum atomic E-state index is 0. The normalized spacial score (nSPS) is 11.5. The molecule has 1 atom stereocenters. The van der Waals surface area contributed by atoms with Gasteiger partial charge in [-0.2, -0.15) is 0 Å². The van der Waals surface area contributed by atoms with Crippen molar-refractivity contribution < 1.29 is 26.3 Å². The summed E-state index contributed by atoms with van der Waals surface area (Å²) >= 11 is 0. The summed E-state index contributed by atoms with van der Waals surface area (Å²) in [6.07, 6.45) is 21.6. The Morgan fingerprint density at radius 2 is 1.21 bits per heavy atom. The maximum absolute atomic E-state index is 12.1. The van der Waals surface area contributed by atoms with Crippen molar-refractivity contribution in [2.45, 2.75) is 109 Å². The number of nitrogens with zero attached hydrogens (tertiary/aromatic N) is 1. The van der Waals surface area contributed by atoms with Crippen LogP contribution in [0.4, 0.5) is 0 Å². The van der Waals surface area contributed by atoms with E-state index in [2.05, 4.69) is 71.7 Å². The number of unbranched alkanes of at least 4 members (excludes halogenated alkanes) is 11. The molecule has 2 aromatic rings. The lowest BCUT2D eigenvalue weighted by Gasteiger charge is -2.14. The van der Waals surface area contributed by atoms with Gasteiger partial charge in [0.25, 0.3) is 0 Å². The molecule has 0 saturated heterocycles. The van der Waals surface area contributed by atoms with Crippen LogP contribution in [0.5, 0.6) is 0 Å². The number of carbonyl (C=O) groups excluding carboxylic acids is 1. The fourth-order valence-electron chi connectivity index (χ4n) is 4.30. The molecule has 2 rings (SSSR count). The number of carbonyl (C=O) groups is 1. The lowest BCUT2D eigenvalue weighted by atomic mass is 10.0. The van der Waals surface area contributed by atoms with Crippen LogP contribution in [0.3, 0.4) is 0 Å². The van der Waals surface area contributed by atoms with E-state index in [0.717, 1.165) is 19.4 Å². The first-order valence-corrected chi connectivity index (χ1v) is 13.0. The number of aryl methyl sites for hydroxylation is 1. The van der Waals surface area contributed by atoms with Crippen LogP contribution in [0.1, 0.15) is 96.0 Å². The van der Waals surface area contributed by atoms with Crippen molar-refractivity contribution in [1.29, 1.82) is 0 Å². The standard InChI is InChI=1S/C29H44N2O.BrH/c1-27(26-28-20-14-12-15-21-28)30-29(32)22-16-10-8-6-4-2-3-5-7-9-11-17-23-31-24-18-13-19-25-31;/h12-15,18-21,24-25,27H,2-11,16-17,22-23,26H2,1H3;1H. The van der Waals surface area contributed by atoms with Crippen LogP contribution in [0, 0.1) is 0 Å². The summed E-state index contributed by atoms with van der Waals surface area (Å²) in [5, 5.41) is 3.14. The molecular formula is C29H45BrN2O. The number of rotatable bonds is 18. The third-order valence-corrected chi connectivity index (χ3v) is 6.14. The molecule has 0 spiro atoms. The summed E-state index contributed by atoms with van der Waals surface area (Å²) in [6, 6.07) is 16.9. The van der Waals surface area contributed by atoms with Gasteiger partial charge in [0, 0.05) is 31.0 Å². The number of hydrogen-bond donors (Lipinski definition) is 1. The summed E-state index contributed by atoms with van der Waals surface area (Å²) in [7, 11) is 0. The Hall–Kier alpha value is -1.68. The van der Waals surface area contributed by atoms with Crippen LogP contribution in [0.15, 0.2) is 60.9 Å². The second-order valence-electron chi connectivity index (χ2n) is 9.26. The molecule has 3 nitrogen and oxygen atoms in total. The van der Waals surface area contributed by atoms with Gasteiger partial charge >= 0.3 is 0 Å². The third kappa shape index (κ3) is 15.7. The van der Waals surface area contributed by atoms with E-state index in [-0.39, 0.29) is 28.9 Å². The molecule has 33 heavy (non-hydrogen) atoms. The first kappa shape index (κ1) is 29.4. The van der Waals surface area contributed by atoms with E-state index >= 15 is 0 Å². The highest BCUT2D eigenvalue weighted by Gasteiger charge is 2.07. The Morgan fingerprint density at radius 1 is 0.727 bits per heavy atom. The second kappa shape index (κ2) is 19.8. The lowest BCUT2D eigenvalue weighted by molar-refractivity contribution is -0.697. The molecule has 1 N–H and O–H groups in total. The van der Waals surface area contributed by atoms with E-state index in [1.54, 1.807) is 0 Å². The molecule has 184 valence electrons. The average Bonchev–Trinajstić information content (AvgIpc) is 2.80. The maximum atomic E-state index is 12.1. The quantitative estimate of drug-likeness (QED) is 0.237. The van der Waals surface area contributed by atoms with Gasteiger partial charge in [0.05, 0.1) is 0 Å². The zero-order chi connectivity index (χ0) is 22.7. The van der Waals surface area contributed by atoms with Crippen LogP contribution in [-0.4, -0.2) is 11.9 Å². The molecule has 4 heteroatoms.